The second-order valence-electron chi connectivity index (χ2n) is 27.5. The molecule has 0 aliphatic heterocycles. The van der Waals surface area contributed by atoms with Gasteiger partial charge in [0.25, 0.3) is 0 Å². The molecule has 0 amide bonds. The summed E-state index contributed by atoms with van der Waals surface area (Å²) in [7, 11) is 0. The van der Waals surface area contributed by atoms with Gasteiger partial charge in [0.2, 0.25) is 0 Å². The molecule has 0 unspecified atom stereocenters. The van der Waals surface area contributed by atoms with E-state index in [4.69, 9.17) is 53.0 Å². The molecule has 3 heteroatoms. The Morgan fingerprint density at radius 1 is 0.154 bits per heavy atom. The van der Waals surface area contributed by atoms with Gasteiger partial charge in [-0.25, -0.2) is 0 Å². The van der Waals surface area contributed by atoms with E-state index < -0.39 is 282 Å². The zero-order valence-electron chi connectivity index (χ0n) is 102. The fourth-order valence-corrected chi connectivity index (χ4v) is 16.0. The molecule has 0 saturated carbocycles. The van der Waals surface area contributed by atoms with E-state index >= 15 is 0 Å². The highest BCUT2D eigenvalue weighted by atomic mass is 16.3. The highest BCUT2D eigenvalue weighted by Crippen LogP contribution is 2.51. The van der Waals surface area contributed by atoms with E-state index in [1.54, 1.807) is 24.3 Å². The van der Waals surface area contributed by atoms with Crippen molar-refractivity contribution in [3.63, 3.8) is 0 Å². The van der Waals surface area contributed by atoms with Gasteiger partial charge in [0.15, 0.2) is 0 Å². The van der Waals surface area contributed by atoms with Crippen molar-refractivity contribution < 1.29 is 70.8 Å². The largest absolute Gasteiger partial charge is 0.456 e. The van der Waals surface area contributed by atoms with Crippen LogP contribution in [0.3, 0.4) is 0 Å². The molecule has 3 nitrogen and oxygen atoms in total. The minimum absolute atomic E-state index is 0.189. The minimum atomic E-state index is -1.07. The van der Waals surface area contributed by atoms with Gasteiger partial charge in [0, 0.05) is 32.3 Å². The Morgan fingerprint density at radius 3 is 1.05 bits per heavy atom. The van der Waals surface area contributed by atoms with E-state index in [0.29, 0.717) is 66.8 Å². The van der Waals surface area contributed by atoms with E-state index in [-0.39, 0.29) is 102 Å². The third kappa shape index (κ3) is 11.3. The predicted octanol–water partition coefficient (Wildman–Crippen LogP) is 32.8. The molecule has 544 valence electrons. The first-order valence-electron chi connectivity index (χ1n) is 57.7. The van der Waals surface area contributed by atoms with Crippen molar-refractivity contribution in [2.75, 3.05) is 0 Å². The summed E-state index contributed by atoms with van der Waals surface area (Å²) in [6.45, 7) is 0. The molecule has 25 rings (SSSR count). The van der Waals surface area contributed by atoms with Crippen molar-refractivity contribution in [2.24, 2.45) is 0 Å². The fraction of sp³-hybridized carbons (Fsp3) is 0. The first kappa shape index (κ1) is 37.5. The van der Waals surface area contributed by atoms with Crippen LogP contribution < -0.4 is 0 Å². The number of para-hydroxylation sites is 3. The Kier molecular flexibility index (Phi) is 8.89. The molecule has 0 radical (unpaired) electrons. The first-order valence-corrected chi connectivity index (χ1v) is 36.7. The minimum Gasteiger partial charge on any atom is -0.456 e. The van der Waals surface area contributed by atoms with E-state index in [9.17, 15) is 17.8 Å². The monoisotopic (exact) mass is 1530 g/mol. The van der Waals surface area contributed by atoms with Crippen LogP contribution in [0.15, 0.2) is 437 Å². The lowest BCUT2D eigenvalue weighted by Gasteiger charge is -2.19. The summed E-state index contributed by atoms with van der Waals surface area (Å²) >= 11 is 0. The molecule has 3 aromatic heterocycles. The Hall–Kier alpha value is -15.4. The van der Waals surface area contributed by atoms with Crippen LogP contribution in [-0.4, -0.2) is 0 Å². The summed E-state index contributed by atoms with van der Waals surface area (Å²) in [5.41, 5.74) is 0.743. The second kappa shape index (κ2) is 27.8. The molecule has 117 heavy (non-hydrogen) atoms. The highest BCUT2D eigenvalue weighted by Gasteiger charge is 2.24. The lowest BCUT2D eigenvalue weighted by atomic mass is 9.84. The lowest BCUT2D eigenvalue weighted by Crippen LogP contribution is -1.91. The molecule has 0 saturated heterocycles. The first-order chi connectivity index (χ1) is 75.5. The van der Waals surface area contributed by atoms with E-state index in [0.717, 1.165) is 43.1 Å². The third-order valence-electron chi connectivity index (χ3n) is 21.1. The molecule has 0 aliphatic carbocycles. The quantitative estimate of drug-likeness (QED) is 0.149. The molecule has 0 atom stereocenters. The fourth-order valence-electron chi connectivity index (χ4n) is 16.0. The highest BCUT2D eigenvalue weighted by molar-refractivity contribution is 6.27. The maximum atomic E-state index is 9.49. The van der Waals surface area contributed by atoms with Crippen LogP contribution in [0.5, 0.6) is 0 Å². The van der Waals surface area contributed by atoms with Gasteiger partial charge in [-0.15, -0.1) is 0 Å². The average Bonchev–Trinajstić information content (AvgIpc) is 1.28. The van der Waals surface area contributed by atoms with Crippen LogP contribution in [0.1, 0.15) is 57.6 Å². The van der Waals surface area contributed by atoms with Crippen molar-refractivity contribution in [2.45, 2.75) is 0 Å². The van der Waals surface area contributed by atoms with Crippen LogP contribution in [0.25, 0.3) is 241 Å². The van der Waals surface area contributed by atoms with E-state index in [1.807, 2.05) is 146 Å². The molecule has 0 N–H and O–H groups in total. The van der Waals surface area contributed by atoms with Crippen LogP contribution in [-0.2, 0) is 0 Å². The van der Waals surface area contributed by atoms with Crippen molar-refractivity contribution in [3.8, 4) is 77.9 Å². The molecule has 0 bridgehead atoms. The molecular formula is C114H70O3. The number of fused-ring (bicyclic) bond motifs is 18. The summed E-state index contributed by atoms with van der Waals surface area (Å²) in [4.78, 5) is 0. The van der Waals surface area contributed by atoms with Gasteiger partial charge < -0.3 is 13.3 Å². The lowest BCUT2D eigenvalue weighted by molar-refractivity contribution is 0.668. The normalized spacial score (nSPS) is 16.8. The molecule has 22 aromatic carbocycles. The molecule has 3 heterocycles. The Balaban J connectivity index is 0.000000133. The van der Waals surface area contributed by atoms with Gasteiger partial charge in [-0.1, -0.05) is 363 Å². The van der Waals surface area contributed by atoms with Crippen molar-refractivity contribution in [1.29, 1.82) is 0 Å². The van der Waals surface area contributed by atoms with Gasteiger partial charge in [0.1, 0.15) is 33.5 Å². The van der Waals surface area contributed by atoms with Gasteiger partial charge in [-0.3, -0.25) is 0 Å². The summed E-state index contributed by atoms with van der Waals surface area (Å²) in [5, 5.41) is 3.55. The predicted molar refractivity (Wildman–Crippen MR) is 497 cm³/mol. The topological polar surface area (TPSA) is 39.4 Å². The van der Waals surface area contributed by atoms with Crippen LogP contribution in [0, 0.1) is 0 Å². The molecule has 25 aromatic rings. The van der Waals surface area contributed by atoms with E-state index in [2.05, 4.69) is 0 Å². The molecule has 0 aliphatic rings. The second-order valence-corrected chi connectivity index (χ2v) is 27.5. The van der Waals surface area contributed by atoms with Gasteiger partial charge in [-0.2, -0.15) is 0 Å². The van der Waals surface area contributed by atoms with Gasteiger partial charge in [0.05, 0.1) is 57.6 Å². The Labute approximate surface area is 733 Å². The number of hydrogen-bond acceptors (Lipinski definition) is 3. The summed E-state index contributed by atoms with van der Waals surface area (Å²) in [5.74, 6) is 0. The van der Waals surface area contributed by atoms with Crippen molar-refractivity contribution in [3.05, 3.63) is 424 Å². The number of furan rings is 3. The third-order valence-corrected chi connectivity index (χ3v) is 21.1. The Morgan fingerprint density at radius 2 is 0.513 bits per heavy atom. The SMILES string of the molecule is [2H]c1c([2H])c(-c2c3c([2H])c([2H])c([2H])c([2H])c3c(-c3c([2H])c([2H])c([2H])c4c([2H])c([2H])c([2H])c([2H])c34)c3c([2H])c([2H])c([2H])c([2H])c23)c([2H])c([2H])c1-c1c([2H])c([2H])c2c(oc3c([2H])c([2H])c([2H])c([2H])c32)c1[2H].[2H]c1c([2H])c([2H])c2c(-c3ccc4oc5ccccc5c4c3)c3c([2H])c([2H])c([2H])c([2H])c3c(-c3ccc4ccccc4c3)c2c1[2H].[2H]c1c([2H])c([2H])c2c(-c3cccc4ccccc34)c3c([2H])c([2H])c([2H])c([2H])c3c(-c3ccc4oc5ccccc5c4c3)c2c1[2H]. The van der Waals surface area contributed by atoms with Crippen molar-refractivity contribution in [1.82, 2.24) is 0 Å². The standard InChI is InChI=1S/C42H26O.2C36H22O/c1-2-12-31-28(10-1)11-9-18-34(31)42-37-16-5-3-14-35(37)41(36-15-4-6-17-38(36)42)29-22-20-27(21-23-29)30-24-25-33-32-13-7-8-19-39(32)43-40(33)26-30;1-2-12-25-23(10-1)11-9-18-27(25)36-30-16-5-3-14-28(30)35(29-15-4-6-17-31(29)36)24-20-21-34-32(22-24)26-13-7-8-19-33(26)37-34;1-2-10-24-21-25(18-17-23(24)9-1)35-28-12-3-5-14-30(28)36(31-15-6-4-13-29(31)35)26-19-20-34-32(22-26)27-11-7-8-16-33(27)37-34/h1-26H;2*1-22H/i1D,2D,3D,4D,5D,6D,7D,8D,9D,10D,11D,12D,13D,14D,15D,16D,17D,18D,19D,20D,21D,22D,23D,24D,25D,26D;3D,4D,5D,6D,14D,15D,16D,17D;3D,4D,5D,6D,12D,13D,14D,15D. The maximum absolute atomic E-state index is 9.49. The van der Waals surface area contributed by atoms with Crippen molar-refractivity contribution >= 4 is 163 Å². The molecule has 0 fully saturated rings. The van der Waals surface area contributed by atoms with Crippen LogP contribution in [0.2, 0.25) is 0 Å². The number of hydrogen-bond donors (Lipinski definition) is 0. The Bertz CT molecular complexity index is 10800. The summed E-state index contributed by atoms with van der Waals surface area (Å²) < 4.78 is 392. The zero-order chi connectivity index (χ0) is 114. The van der Waals surface area contributed by atoms with E-state index in [1.165, 1.54) is 0 Å². The number of benzene rings is 22. The smallest absolute Gasteiger partial charge is 0.136 e. The van der Waals surface area contributed by atoms with Crippen LogP contribution in [0.4, 0.5) is 0 Å². The molecule has 0 spiro atoms. The van der Waals surface area contributed by atoms with Gasteiger partial charge >= 0.3 is 0 Å². The number of rotatable bonds is 7. The summed E-state index contributed by atoms with van der Waals surface area (Å²) in [6.07, 6.45) is 0. The zero-order valence-corrected chi connectivity index (χ0v) is 60.4. The average molecular weight is 1530 g/mol. The maximum Gasteiger partial charge on any atom is 0.136 e. The van der Waals surface area contributed by atoms with Gasteiger partial charge in [-0.05, 0) is 235 Å². The summed E-state index contributed by atoms with van der Waals surface area (Å²) in [6, 6.07) is 23.6. The van der Waals surface area contributed by atoms with Crippen LogP contribution >= 0.6 is 0 Å². The molecular weight excluding hydrogens is 1420 g/mol.